The SMILES string of the molecule is CCC(N)CC(C)N.Cl. The van der Waals surface area contributed by atoms with Gasteiger partial charge in [0.05, 0.1) is 0 Å². The van der Waals surface area contributed by atoms with Crippen molar-refractivity contribution < 1.29 is 0 Å². The average Bonchev–Trinajstić information content (AvgIpc) is 1.65. The topological polar surface area (TPSA) is 52.0 Å². The van der Waals surface area contributed by atoms with Crippen molar-refractivity contribution in [3.63, 3.8) is 0 Å². The molecule has 0 aromatic rings. The van der Waals surface area contributed by atoms with E-state index in [1.54, 1.807) is 0 Å². The monoisotopic (exact) mass is 152 g/mol. The molecule has 0 aliphatic heterocycles. The number of nitrogens with two attached hydrogens (primary N) is 2. The van der Waals surface area contributed by atoms with Gasteiger partial charge in [-0.15, -0.1) is 12.4 Å². The molecule has 2 unspecified atom stereocenters. The van der Waals surface area contributed by atoms with Crippen molar-refractivity contribution in [2.75, 3.05) is 0 Å². The Labute approximate surface area is 63.4 Å². The van der Waals surface area contributed by atoms with Gasteiger partial charge in [-0.3, -0.25) is 0 Å². The molecule has 0 saturated carbocycles. The molecule has 0 bridgehead atoms. The zero-order valence-electron chi connectivity index (χ0n) is 6.13. The fourth-order valence-electron chi connectivity index (χ4n) is 0.644. The summed E-state index contributed by atoms with van der Waals surface area (Å²) in [6.07, 6.45) is 1.97. The molecule has 3 heteroatoms. The lowest BCUT2D eigenvalue weighted by Gasteiger charge is -2.09. The van der Waals surface area contributed by atoms with E-state index in [4.69, 9.17) is 11.5 Å². The van der Waals surface area contributed by atoms with Crippen LogP contribution in [0.5, 0.6) is 0 Å². The smallest absolute Gasteiger partial charge is 0.00508 e. The van der Waals surface area contributed by atoms with E-state index in [1.807, 2.05) is 6.92 Å². The molecule has 2 nitrogen and oxygen atoms in total. The standard InChI is InChI=1S/C6H16N2.ClH/c1-3-6(8)4-5(2)7;/h5-6H,3-4,7-8H2,1-2H3;1H. The van der Waals surface area contributed by atoms with Crippen molar-refractivity contribution >= 4 is 12.4 Å². The second-order valence-corrected chi connectivity index (χ2v) is 2.38. The van der Waals surface area contributed by atoms with E-state index in [1.165, 1.54) is 0 Å². The van der Waals surface area contributed by atoms with Crippen LogP contribution in [-0.4, -0.2) is 12.1 Å². The van der Waals surface area contributed by atoms with Crippen LogP contribution in [0, 0.1) is 0 Å². The highest BCUT2D eigenvalue weighted by Crippen LogP contribution is 1.94. The van der Waals surface area contributed by atoms with Crippen molar-refractivity contribution in [2.45, 2.75) is 38.8 Å². The Bertz CT molecular complexity index is 57.0. The average molecular weight is 153 g/mol. The minimum atomic E-state index is 0. The van der Waals surface area contributed by atoms with E-state index in [0.29, 0.717) is 6.04 Å². The van der Waals surface area contributed by atoms with E-state index in [9.17, 15) is 0 Å². The Balaban J connectivity index is 0. The molecule has 0 aliphatic carbocycles. The highest BCUT2D eigenvalue weighted by molar-refractivity contribution is 5.85. The van der Waals surface area contributed by atoms with Crippen LogP contribution >= 0.6 is 12.4 Å². The molecular formula is C6H17ClN2. The van der Waals surface area contributed by atoms with Crippen LogP contribution < -0.4 is 11.5 Å². The molecule has 0 radical (unpaired) electrons. The fraction of sp³-hybridized carbons (Fsp3) is 1.00. The quantitative estimate of drug-likeness (QED) is 0.631. The number of rotatable bonds is 3. The van der Waals surface area contributed by atoms with Crippen LogP contribution in [0.25, 0.3) is 0 Å². The Hall–Kier alpha value is 0.210. The first kappa shape index (κ1) is 11.9. The first-order chi connectivity index (χ1) is 3.66. The van der Waals surface area contributed by atoms with Gasteiger partial charge < -0.3 is 11.5 Å². The van der Waals surface area contributed by atoms with Gasteiger partial charge in [-0.05, 0) is 19.8 Å². The normalized spacial score (nSPS) is 16.0. The zero-order valence-corrected chi connectivity index (χ0v) is 6.95. The maximum Gasteiger partial charge on any atom is 0.00508 e. The molecule has 0 spiro atoms. The van der Waals surface area contributed by atoms with Gasteiger partial charge in [0.15, 0.2) is 0 Å². The molecule has 0 rings (SSSR count). The molecule has 0 aromatic heterocycles. The van der Waals surface area contributed by atoms with Crippen LogP contribution in [-0.2, 0) is 0 Å². The van der Waals surface area contributed by atoms with Crippen LogP contribution in [0.4, 0.5) is 0 Å². The van der Waals surface area contributed by atoms with E-state index in [0.717, 1.165) is 12.8 Å². The second-order valence-electron chi connectivity index (χ2n) is 2.38. The lowest BCUT2D eigenvalue weighted by molar-refractivity contribution is 0.535. The third-order valence-corrected chi connectivity index (χ3v) is 1.20. The van der Waals surface area contributed by atoms with Gasteiger partial charge in [-0.25, -0.2) is 0 Å². The van der Waals surface area contributed by atoms with Crippen LogP contribution in [0.3, 0.4) is 0 Å². The molecule has 0 aliphatic rings. The third-order valence-electron chi connectivity index (χ3n) is 1.20. The molecule has 0 amide bonds. The molecule has 58 valence electrons. The van der Waals surface area contributed by atoms with Crippen LogP contribution in [0.15, 0.2) is 0 Å². The molecule has 0 aromatic carbocycles. The lowest BCUT2D eigenvalue weighted by Crippen LogP contribution is -2.28. The number of hydrogen-bond donors (Lipinski definition) is 2. The Morgan fingerprint density at radius 1 is 1.33 bits per heavy atom. The van der Waals surface area contributed by atoms with Crippen molar-refractivity contribution in [1.82, 2.24) is 0 Å². The second kappa shape index (κ2) is 6.33. The minimum absolute atomic E-state index is 0. The van der Waals surface area contributed by atoms with Crippen LogP contribution in [0.2, 0.25) is 0 Å². The first-order valence-corrected chi connectivity index (χ1v) is 3.18. The highest BCUT2D eigenvalue weighted by Gasteiger charge is 2.00. The van der Waals surface area contributed by atoms with E-state index in [-0.39, 0.29) is 18.4 Å². The number of halogens is 1. The van der Waals surface area contributed by atoms with E-state index >= 15 is 0 Å². The van der Waals surface area contributed by atoms with Crippen molar-refractivity contribution in [3.05, 3.63) is 0 Å². The summed E-state index contributed by atoms with van der Waals surface area (Å²) in [6, 6.07) is 0.556. The molecular weight excluding hydrogens is 136 g/mol. The zero-order chi connectivity index (χ0) is 6.57. The van der Waals surface area contributed by atoms with Gasteiger partial charge in [0, 0.05) is 12.1 Å². The Morgan fingerprint density at radius 3 is 1.89 bits per heavy atom. The first-order valence-electron chi connectivity index (χ1n) is 3.18. The van der Waals surface area contributed by atoms with Gasteiger partial charge in [-0.2, -0.15) is 0 Å². The summed E-state index contributed by atoms with van der Waals surface area (Å²) >= 11 is 0. The maximum atomic E-state index is 5.59. The fourth-order valence-corrected chi connectivity index (χ4v) is 0.644. The minimum Gasteiger partial charge on any atom is -0.328 e. The predicted octanol–water partition coefficient (Wildman–Crippen LogP) is 0.883. The summed E-state index contributed by atoms with van der Waals surface area (Å²) in [7, 11) is 0. The summed E-state index contributed by atoms with van der Waals surface area (Å²) in [5.41, 5.74) is 11.1. The molecule has 4 N–H and O–H groups in total. The maximum absolute atomic E-state index is 5.59. The van der Waals surface area contributed by atoms with E-state index in [2.05, 4.69) is 6.92 Å². The number of hydrogen-bond acceptors (Lipinski definition) is 2. The summed E-state index contributed by atoms with van der Waals surface area (Å²) in [5.74, 6) is 0. The van der Waals surface area contributed by atoms with Gasteiger partial charge in [0.2, 0.25) is 0 Å². The lowest BCUT2D eigenvalue weighted by atomic mass is 10.1. The molecule has 0 saturated heterocycles. The third kappa shape index (κ3) is 8.21. The summed E-state index contributed by atoms with van der Waals surface area (Å²) in [4.78, 5) is 0. The van der Waals surface area contributed by atoms with Crippen molar-refractivity contribution in [1.29, 1.82) is 0 Å². The van der Waals surface area contributed by atoms with Gasteiger partial charge >= 0.3 is 0 Å². The molecule has 9 heavy (non-hydrogen) atoms. The summed E-state index contributed by atoms with van der Waals surface area (Å²) in [5, 5.41) is 0. The van der Waals surface area contributed by atoms with Gasteiger partial charge in [-0.1, -0.05) is 6.92 Å². The Kier molecular flexibility index (Phi) is 8.40. The summed E-state index contributed by atoms with van der Waals surface area (Å²) < 4.78 is 0. The van der Waals surface area contributed by atoms with Crippen molar-refractivity contribution in [3.8, 4) is 0 Å². The Morgan fingerprint density at radius 2 is 1.78 bits per heavy atom. The van der Waals surface area contributed by atoms with Gasteiger partial charge in [0.25, 0.3) is 0 Å². The largest absolute Gasteiger partial charge is 0.328 e. The predicted molar refractivity (Wildman–Crippen MR) is 43.8 cm³/mol. The van der Waals surface area contributed by atoms with E-state index < -0.39 is 0 Å². The van der Waals surface area contributed by atoms with Crippen molar-refractivity contribution in [2.24, 2.45) is 11.5 Å². The van der Waals surface area contributed by atoms with Gasteiger partial charge in [0.1, 0.15) is 0 Å². The highest BCUT2D eigenvalue weighted by atomic mass is 35.5. The molecule has 2 atom stereocenters. The molecule has 0 fully saturated rings. The molecule has 0 heterocycles. The van der Waals surface area contributed by atoms with Crippen LogP contribution in [0.1, 0.15) is 26.7 Å². The summed E-state index contributed by atoms with van der Waals surface area (Å²) in [6.45, 7) is 4.06.